The third kappa shape index (κ3) is 2.19. The van der Waals surface area contributed by atoms with Crippen molar-refractivity contribution in [2.75, 3.05) is 0 Å². The van der Waals surface area contributed by atoms with Gasteiger partial charge in [-0.25, -0.2) is 5.48 Å². The van der Waals surface area contributed by atoms with Crippen LogP contribution in [0.15, 0.2) is 0 Å². The smallest absolute Gasteiger partial charge is 0.246 e. The van der Waals surface area contributed by atoms with Gasteiger partial charge in [0.2, 0.25) is 5.91 Å². The molecule has 11 heavy (non-hydrogen) atoms. The molecule has 0 aromatic carbocycles. The fraction of sp³-hybridized carbons (Fsp3) is 0.875. The van der Waals surface area contributed by atoms with Crippen LogP contribution in [0, 0.1) is 11.8 Å². The summed E-state index contributed by atoms with van der Waals surface area (Å²) in [4.78, 5) is 10.9. The Morgan fingerprint density at radius 1 is 1.36 bits per heavy atom. The molecule has 1 saturated carbocycles. The van der Waals surface area contributed by atoms with Gasteiger partial charge in [0.15, 0.2) is 0 Å². The van der Waals surface area contributed by atoms with Gasteiger partial charge in [0, 0.05) is 5.92 Å². The first kappa shape index (κ1) is 8.53. The zero-order valence-electron chi connectivity index (χ0n) is 6.84. The van der Waals surface area contributed by atoms with E-state index in [1.807, 2.05) is 0 Å². The first-order valence-corrected chi connectivity index (χ1v) is 4.18. The van der Waals surface area contributed by atoms with Gasteiger partial charge in [0.1, 0.15) is 0 Å². The van der Waals surface area contributed by atoms with E-state index in [0.717, 1.165) is 31.6 Å². The van der Waals surface area contributed by atoms with Crippen molar-refractivity contribution in [2.45, 2.75) is 32.6 Å². The van der Waals surface area contributed by atoms with E-state index in [1.165, 1.54) is 0 Å². The van der Waals surface area contributed by atoms with E-state index in [4.69, 9.17) is 5.21 Å². The Bertz CT molecular complexity index is 139. The van der Waals surface area contributed by atoms with Crippen molar-refractivity contribution in [1.29, 1.82) is 0 Å². The average molecular weight is 157 g/mol. The Morgan fingerprint density at radius 3 is 2.36 bits per heavy atom. The number of hydrogen-bond acceptors (Lipinski definition) is 2. The van der Waals surface area contributed by atoms with Crippen molar-refractivity contribution in [3.8, 4) is 0 Å². The van der Waals surface area contributed by atoms with Crippen molar-refractivity contribution in [3.05, 3.63) is 0 Å². The molecule has 0 aliphatic heterocycles. The molecule has 1 amide bonds. The Hall–Kier alpha value is -0.570. The Kier molecular flexibility index (Phi) is 2.88. The minimum atomic E-state index is -0.211. The predicted octanol–water partition coefficient (Wildman–Crippen LogP) is 1.32. The molecule has 0 heterocycles. The number of hydrogen-bond donors (Lipinski definition) is 2. The van der Waals surface area contributed by atoms with Crippen molar-refractivity contribution in [1.82, 2.24) is 5.48 Å². The van der Waals surface area contributed by atoms with E-state index in [9.17, 15) is 4.79 Å². The maximum atomic E-state index is 10.9. The van der Waals surface area contributed by atoms with E-state index in [0.29, 0.717) is 0 Å². The van der Waals surface area contributed by atoms with Crippen LogP contribution in [0.1, 0.15) is 32.6 Å². The van der Waals surface area contributed by atoms with Gasteiger partial charge >= 0.3 is 0 Å². The van der Waals surface area contributed by atoms with Crippen LogP contribution in [-0.2, 0) is 4.79 Å². The first-order chi connectivity index (χ1) is 5.24. The molecule has 0 radical (unpaired) electrons. The highest BCUT2D eigenvalue weighted by Gasteiger charge is 2.23. The molecule has 0 saturated heterocycles. The highest BCUT2D eigenvalue weighted by atomic mass is 16.5. The second kappa shape index (κ2) is 3.72. The molecule has 0 unspecified atom stereocenters. The molecule has 3 nitrogen and oxygen atoms in total. The average Bonchev–Trinajstić information content (AvgIpc) is 2.05. The molecule has 1 aliphatic rings. The summed E-state index contributed by atoms with van der Waals surface area (Å²) >= 11 is 0. The highest BCUT2D eigenvalue weighted by Crippen LogP contribution is 2.27. The second-order valence-corrected chi connectivity index (χ2v) is 3.43. The number of nitrogens with one attached hydrogen (secondary N) is 1. The molecule has 0 aromatic heterocycles. The van der Waals surface area contributed by atoms with Crippen LogP contribution >= 0.6 is 0 Å². The summed E-state index contributed by atoms with van der Waals surface area (Å²) in [5, 5.41) is 8.35. The first-order valence-electron chi connectivity index (χ1n) is 4.18. The number of amides is 1. The number of hydroxylamine groups is 1. The molecular weight excluding hydrogens is 142 g/mol. The van der Waals surface area contributed by atoms with Gasteiger partial charge in [-0.05, 0) is 31.6 Å². The molecule has 0 bridgehead atoms. The summed E-state index contributed by atoms with van der Waals surface area (Å²) in [5.41, 5.74) is 1.71. The summed E-state index contributed by atoms with van der Waals surface area (Å²) in [7, 11) is 0. The Morgan fingerprint density at radius 2 is 1.91 bits per heavy atom. The van der Waals surface area contributed by atoms with Crippen LogP contribution in [0.5, 0.6) is 0 Å². The topological polar surface area (TPSA) is 49.3 Å². The SMILES string of the molecule is CC1CCC(C(=O)NO)CC1. The lowest BCUT2D eigenvalue weighted by atomic mass is 9.83. The summed E-state index contributed by atoms with van der Waals surface area (Å²) in [6, 6.07) is 0. The van der Waals surface area contributed by atoms with E-state index in [2.05, 4.69) is 6.92 Å². The monoisotopic (exact) mass is 157 g/mol. The zero-order valence-corrected chi connectivity index (χ0v) is 6.84. The van der Waals surface area contributed by atoms with Crippen LogP contribution in [0.25, 0.3) is 0 Å². The Labute approximate surface area is 66.7 Å². The minimum absolute atomic E-state index is 0.0520. The summed E-state index contributed by atoms with van der Waals surface area (Å²) in [6.07, 6.45) is 4.07. The molecular formula is C8H15NO2. The van der Waals surface area contributed by atoms with Crippen molar-refractivity contribution >= 4 is 5.91 Å². The fourth-order valence-electron chi connectivity index (χ4n) is 1.61. The fourth-order valence-corrected chi connectivity index (χ4v) is 1.61. The summed E-state index contributed by atoms with van der Waals surface area (Å²) in [5.74, 6) is 0.589. The lowest BCUT2D eigenvalue weighted by Crippen LogP contribution is -2.30. The normalized spacial score (nSPS) is 31.5. The Balaban J connectivity index is 2.33. The largest absolute Gasteiger partial charge is 0.289 e. The van der Waals surface area contributed by atoms with Crippen molar-refractivity contribution < 1.29 is 10.0 Å². The van der Waals surface area contributed by atoms with Crippen LogP contribution in [0.2, 0.25) is 0 Å². The second-order valence-electron chi connectivity index (χ2n) is 3.43. The molecule has 1 fully saturated rings. The van der Waals surface area contributed by atoms with Gasteiger partial charge in [-0.15, -0.1) is 0 Å². The third-order valence-electron chi connectivity index (χ3n) is 2.50. The summed E-state index contributed by atoms with van der Waals surface area (Å²) < 4.78 is 0. The van der Waals surface area contributed by atoms with Gasteiger partial charge in [-0.2, -0.15) is 0 Å². The number of carbonyl (C=O) groups excluding carboxylic acids is 1. The van der Waals surface area contributed by atoms with Crippen molar-refractivity contribution in [2.24, 2.45) is 11.8 Å². The standard InChI is InChI=1S/C8H15NO2/c1-6-2-4-7(5-3-6)8(10)9-11/h6-7,11H,2-5H2,1H3,(H,9,10). The van der Waals surface area contributed by atoms with E-state index >= 15 is 0 Å². The molecule has 1 aliphatic carbocycles. The minimum Gasteiger partial charge on any atom is -0.289 e. The van der Waals surface area contributed by atoms with Gasteiger partial charge in [0.25, 0.3) is 0 Å². The lowest BCUT2D eigenvalue weighted by Gasteiger charge is -2.23. The van der Waals surface area contributed by atoms with Gasteiger partial charge in [-0.3, -0.25) is 10.0 Å². The van der Waals surface area contributed by atoms with Crippen LogP contribution in [-0.4, -0.2) is 11.1 Å². The van der Waals surface area contributed by atoms with Gasteiger partial charge < -0.3 is 0 Å². The lowest BCUT2D eigenvalue weighted by molar-refractivity contribution is -0.134. The molecule has 64 valence electrons. The highest BCUT2D eigenvalue weighted by molar-refractivity contribution is 5.77. The molecule has 0 aromatic rings. The van der Waals surface area contributed by atoms with Crippen LogP contribution in [0.3, 0.4) is 0 Å². The third-order valence-corrected chi connectivity index (χ3v) is 2.50. The molecule has 1 rings (SSSR count). The van der Waals surface area contributed by atoms with Crippen LogP contribution < -0.4 is 5.48 Å². The quantitative estimate of drug-likeness (QED) is 0.445. The molecule has 2 N–H and O–H groups in total. The predicted molar refractivity (Wildman–Crippen MR) is 41.1 cm³/mol. The number of rotatable bonds is 1. The van der Waals surface area contributed by atoms with Crippen LogP contribution in [0.4, 0.5) is 0 Å². The van der Waals surface area contributed by atoms with E-state index in [1.54, 1.807) is 5.48 Å². The maximum Gasteiger partial charge on any atom is 0.246 e. The van der Waals surface area contributed by atoms with Gasteiger partial charge in [-0.1, -0.05) is 6.92 Å². The van der Waals surface area contributed by atoms with Crippen molar-refractivity contribution in [3.63, 3.8) is 0 Å². The maximum absolute atomic E-state index is 10.9. The van der Waals surface area contributed by atoms with E-state index < -0.39 is 0 Å². The number of carbonyl (C=O) groups is 1. The zero-order chi connectivity index (χ0) is 8.27. The van der Waals surface area contributed by atoms with Gasteiger partial charge in [0.05, 0.1) is 0 Å². The molecule has 0 spiro atoms. The van der Waals surface area contributed by atoms with E-state index in [-0.39, 0.29) is 11.8 Å². The molecule has 0 atom stereocenters. The molecule has 3 heteroatoms. The summed E-state index contributed by atoms with van der Waals surface area (Å²) in [6.45, 7) is 2.20.